The van der Waals surface area contributed by atoms with Gasteiger partial charge in [0.05, 0.1) is 25.4 Å². The molecule has 0 spiro atoms. The SMILES string of the molecule is OCC12CO[C@H]([C@@H]3CC=CCC3)N1[C@H]([C@H]1CC=CCC1)OC2. The van der Waals surface area contributed by atoms with E-state index in [2.05, 4.69) is 29.2 Å². The Hall–Kier alpha value is -0.680. The second-order valence-electron chi connectivity index (χ2n) is 7.28. The summed E-state index contributed by atoms with van der Waals surface area (Å²) < 4.78 is 12.4. The monoisotopic (exact) mass is 305 g/mol. The zero-order valence-corrected chi connectivity index (χ0v) is 13.2. The third-order valence-corrected chi connectivity index (χ3v) is 5.86. The fraction of sp³-hybridized carbons (Fsp3) is 0.778. The van der Waals surface area contributed by atoms with Crippen LogP contribution in [-0.4, -0.2) is 47.8 Å². The van der Waals surface area contributed by atoms with Crippen LogP contribution in [0.1, 0.15) is 38.5 Å². The molecule has 0 aromatic rings. The highest BCUT2D eigenvalue weighted by Crippen LogP contribution is 2.45. The van der Waals surface area contributed by atoms with Gasteiger partial charge in [0, 0.05) is 11.8 Å². The van der Waals surface area contributed by atoms with Gasteiger partial charge in [-0.05, 0) is 38.5 Å². The summed E-state index contributed by atoms with van der Waals surface area (Å²) in [4.78, 5) is 2.42. The molecule has 0 radical (unpaired) electrons. The summed E-state index contributed by atoms with van der Waals surface area (Å²) in [5.41, 5.74) is -0.308. The zero-order chi connectivity index (χ0) is 15.0. The molecule has 22 heavy (non-hydrogen) atoms. The number of fused-ring (bicyclic) bond motifs is 1. The van der Waals surface area contributed by atoms with Crippen LogP contribution in [0.3, 0.4) is 0 Å². The Morgan fingerprint density at radius 3 is 1.86 bits per heavy atom. The molecular weight excluding hydrogens is 278 g/mol. The van der Waals surface area contributed by atoms with Gasteiger partial charge in [0.25, 0.3) is 0 Å². The van der Waals surface area contributed by atoms with Crippen LogP contribution in [-0.2, 0) is 9.47 Å². The molecule has 0 aromatic heterocycles. The van der Waals surface area contributed by atoms with Crippen molar-refractivity contribution in [1.29, 1.82) is 0 Å². The highest BCUT2D eigenvalue weighted by molar-refractivity contribution is 5.07. The number of rotatable bonds is 3. The number of ether oxygens (including phenoxy) is 2. The molecule has 5 atom stereocenters. The summed E-state index contributed by atoms with van der Waals surface area (Å²) in [6.45, 7) is 1.34. The van der Waals surface area contributed by atoms with Crippen molar-refractivity contribution in [1.82, 2.24) is 4.90 Å². The molecule has 4 nitrogen and oxygen atoms in total. The fourth-order valence-electron chi connectivity index (χ4n) is 4.57. The van der Waals surface area contributed by atoms with Crippen LogP contribution in [0.2, 0.25) is 0 Å². The average molecular weight is 305 g/mol. The van der Waals surface area contributed by atoms with Crippen LogP contribution in [0.25, 0.3) is 0 Å². The normalized spacial score (nSPS) is 45.3. The van der Waals surface area contributed by atoms with Crippen LogP contribution in [0.4, 0.5) is 0 Å². The van der Waals surface area contributed by atoms with Gasteiger partial charge in [0.15, 0.2) is 0 Å². The van der Waals surface area contributed by atoms with Crippen molar-refractivity contribution < 1.29 is 14.6 Å². The number of aliphatic hydroxyl groups is 1. The molecule has 4 heteroatoms. The van der Waals surface area contributed by atoms with Gasteiger partial charge in [0.1, 0.15) is 12.5 Å². The molecule has 2 saturated heterocycles. The van der Waals surface area contributed by atoms with Crippen LogP contribution in [0, 0.1) is 11.8 Å². The molecule has 4 aliphatic rings. The first-order chi connectivity index (χ1) is 10.8. The number of aliphatic hydroxyl groups excluding tert-OH is 1. The molecule has 122 valence electrons. The van der Waals surface area contributed by atoms with Gasteiger partial charge >= 0.3 is 0 Å². The standard InChI is InChI=1S/C18H27NO3/c20-11-18-12-21-16(14-7-3-1-4-8-14)19(18)17(22-13-18)15-9-5-2-6-10-15/h1-3,5,14-17,20H,4,6-13H2/t14-,15+,16-,17+,18?. The van der Waals surface area contributed by atoms with Crippen molar-refractivity contribution in [2.24, 2.45) is 11.8 Å². The van der Waals surface area contributed by atoms with E-state index in [1.54, 1.807) is 0 Å². The largest absolute Gasteiger partial charge is 0.394 e. The second kappa shape index (κ2) is 6.08. The molecule has 0 saturated carbocycles. The highest BCUT2D eigenvalue weighted by atomic mass is 16.6. The molecule has 4 rings (SSSR count). The summed E-state index contributed by atoms with van der Waals surface area (Å²) in [5.74, 6) is 1.06. The summed E-state index contributed by atoms with van der Waals surface area (Å²) in [6.07, 6.45) is 16.1. The Morgan fingerprint density at radius 2 is 1.45 bits per heavy atom. The summed E-state index contributed by atoms with van der Waals surface area (Å²) in [7, 11) is 0. The first-order valence-electron chi connectivity index (χ1n) is 8.76. The fourth-order valence-corrected chi connectivity index (χ4v) is 4.57. The Morgan fingerprint density at radius 1 is 0.909 bits per heavy atom. The van der Waals surface area contributed by atoms with E-state index in [1.165, 1.54) is 12.8 Å². The smallest absolute Gasteiger partial charge is 0.116 e. The summed E-state index contributed by atoms with van der Waals surface area (Å²) >= 11 is 0. The molecular formula is C18H27NO3. The molecule has 0 aromatic carbocycles. The third kappa shape index (κ3) is 2.37. The minimum atomic E-state index is -0.308. The molecule has 2 aliphatic carbocycles. The molecule has 1 N–H and O–H groups in total. The van der Waals surface area contributed by atoms with Gasteiger partial charge in [-0.3, -0.25) is 0 Å². The highest BCUT2D eigenvalue weighted by Gasteiger charge is 2.58. The average Bonchev–Trinajstić information content (AvgIpc) is 3.14. The Balaban J connectivity index is 1.58. The van der Waals surface area contributed by atoms with Gasteiger partial charge in [-0.1, -0.05) is 24.3 Å². The number of hydrogen-bond acceptors (Lipinski definition) is 4. The van der Waals surface area contributed by atoms with Gasteiger partial charge in [-0.2, -0.15) is 0 Å². The zero-order valence-electron chi connectivity index (χ0n) is 13.2. The third-order valence-electron chi connectivity index (χ3n) is 5.86. The molecule has 2 heterocycles. The maximum Gasteiger partial charge on any atom is 0.116 e. The molecule has 1 unspecified atom stereocenters. The Kier molecular flexibility index (Phi) is 4.11. The van der Waals surface area contributed by atoms with E-state index in [-0.39, 0.29) is 24.6 Å². The lowest BCUT2D eigenvalue weighted by Crippen LogP contribution is -2.54. The van der Waals surface area contributed by atoms with Crippen LogP contribution < -0.4 is 0 Å². The molecule has 0 bridgehead atoms. The van der Waals surface area contributed by atoms with Crippen molar-refractivity contribution in [3.05, 3.63) is 24.3 Å². The minimum absolute atomic E-state index is 0.107. The predicted octanol–water partition coefficient (Wildman–Crippen LogP) is 2.44. The number of allylic oxidation sites excluding steroid dienone is 4. The minimum Gasteiger partial charge on any atom is -0.394 e. The predicted molar refractivity (Wildman–Crippen MR) is 84.1 cm³/mol. The second-order valence-corrected chi connectivity index (χ2v) is 7.28. The Bertz CT molecular complexity index is 425. The Labute approximate surface area is 132 Å². The lowest BCUT2D eigenvalue weighted by atomic mass is 9.88. The number of hydrogen-bond donors (Lipinski definition) is 1. The van der Waals surface area contributed by atoms with Crippen molar-refractivity contribution in [2.75, 3.05) is 19.8 Å². The van der Waals surface area contributed by atoms with E-state index < -0.39 is 0 Å². The first-order valence-corrected chi connectivity index (χ1v) is 8.76. The van der Waals surface area contributed by atoms with Crippen LogP contribution >= 0.6 is 0 Å². The van der Waals surface area contributed by atoms with Crippen LogP contribution in [0.15, 0.2) is 24.3 Å². The van der Waals surface area contributed by atoms with Gasteiger partial charge < -0.3 is 14.6 Å². The van der Waals surface area contributed by atoms with E-state index >= 15 is 0 Å². The molecule has 2 aliphatic heterocycles. The molecule has 0 amide bonds. The maximum absolute atomic E-state index is 10.0. The van der Waals surface area contributed by atoms with Gasteiger partial charge in [-0.25, -0.2) is 4.90 Å². The maximum atomic E-state index is 10.0. The topological polar surface area (TPSA) is 41.9 Å². The van der Waals surface area contributed by atoms with Gasteiger partial charge in [0.2, 0.25) is 0 Å². The van der Waals surface area contributed by atoms with E-state index in [1.807, 2.05) is 0 Å². The van der Waals surface area contributed by atoms with Crippen molar-refractivity contribution >= 4 is 0 Å². The van der Waals surface area contributed by atoms with Crippen molar-refractivity contribution in [3.8, 4) is 0 Å². The first kappa shape index (κ1) is 14.9. The summed E-state index contributed by atoms with van der Waals surface area (Å²) in [6, 6.07) is 0. The van der Waals surface area contributed by atoms with E-state index in [0.29, 0.717) is 25.0 Å². The lowest BCUT2D eigenvalue weighted by Gasteiger charge is -2.39. The van der Waals surface area contributed by atoms with Crippen molar-refractivity contribution in [3.63, 3.8) is 0 Å². The number of nitrogens with zero attached hydrogens (tertiary/aromatic N) is 1. The van der Waals surface area contributed by atoms with Crippen molar-refractivity contribution in [2.45, 2.75) is 56.5 Å². The quantitative estimate of drug-likeness (QED) is 0.813. The summed E-state index contributed by atoms with van der Waals surface area (Å²) in [5, 5.41) is 10.0. The van der Waals surface area contributed by atoms with E-state index in [0.717, 1.165) is 25.7 Å². The van der Waals surface area contributed by atoms with Gasteiger partial charge in [-0.15, -0.1) is 0 Å². The van der Waals surface area contributed by atoms with E-state index in [4.69, 9.17) is 9.47 Å². The molecule has 2 fully saturated rings. The van der Waals surface area contributed by atoms with Crippen LogP contribution in [0.5, 0.6) is 0 Å². The lowest BCUT2D eigenvalue weighted by molar-refractivity contribution is -0.109. The van der Waals surface area contributed by atoms with E-state index in [9.17, 15) is 5.11 Å².